The molecule has 0 fully saturated rings. The summed E-state index contributed by atoms with van der Waals surface area (Å²) in [5.74, 6) is 0.859. The highest BCUT2D eigenvalue weighted by Crippen LogP contribution is 2.12. The maximum absolute atomic E-state index is 4.51. The quantitative estimate of drug-likeness (QED) is 0.477. The Morgan fingerprint density at radius 1 is 1.35 bits per heavy atom. The number of hydrogen-bond acceptors (Lipinski definition) is 3. The number of aliphatic imine (C=N–C) groups is 1. The van der Waals surface area contributed by atoms with Crippen LogP contribution < -0.4 is 10.6 Å². The lowest BCUT2D eigenvalue weighted by Gasteiger charge is -2.09. The molecule has 0 aliphatic rings. The van der Waals surface area contributed by atoms with Gasteiger partial charge in [0.05, 0.1) is 11.6 Å². The zero-order chi connectivity index (χ0) is 12.5. The number of hydrogen-bond donors (Lipinski definition) is 2. The molecule has 94 valence electrons. The SMILES string of the molecule is CCNC(=NCc1ccnc(SC)c1)NCC. The molecule has 0 aliphatic heterocycles. The van der Waals surface area contributed by atoms with Crippen molar-refractivity contribution in [3.8, 4) is 0 Å². The largest absolute Gasteiger partial charge is 0.357 e. The normalized spacial score (nSPS) is 9.82. The maximum atomic E-state index is 4.51. The summed E-state index contributed by atoms with van der Waals surface area (Å²) in [6.45, 7) is 6.54. The summed E-state index contributed by atoms with van der Waals surface area (Å²) in [6, 6.07) is 4.07. The van der Waals surface area contributed by atoms with Gasteiger partial charge in [-0.05, 0) is 37.8 Å². The third-order valence-electron chi connectivity index (χ3n) is 2.12. The Morgan fingerprint density at radius 2 is 2.06 bits per heavy atom. The fourth-order valence-corrected chi connectivity index (χ4v) is 1.78. The molecule has 0 unspecified atom stereocenters. The Hall–Kier alpha value is -1.23. The van der Waals surface area contributed by atoms with Crippen LogP contribution in [0.1, 0.15) is 19.4 Å². The molecule has 1 heterocycles. The van der Waals surface area contributed by atoms with E-state index in [0.29, 0.717) is 6.54 Å². The zero-order valence-corrected chi connectivity index (χ0v) is 11.5. The number of thioether (sulfide) groups is 1. The molecular weight excluding hydrogens is 232 g/mol. The van der Waals surface area contributed by atoms with Crippen molar-refractivity contribution in [1.29, 1.82) is 0 Å². The van der Waals surface area contributed by atoms with E-state index in [4.69, 9.17) is 0 Å². The second-order valence-corrected chi connectivity index (χ2v) is 4.26. The Balaban J connectivity index is 2.64. The van der Waals surface area contributed by atoms with Crippen molar-refractivity contribution in [3.05, 3.63) is 23.9 Å². The van der Waals surface area contributed by atoms with Gasteiger partial charge in [-0.25, -0.2) is 9.98 Å². The van der Waals surface area contributed by atoms with Crippen molar-refractivity contribution in [1.82, 2.24) is 15.6 Å². The summed E-state index contributed by atoms with van der Waals surface area (Å²) in [7, 11) is 0. The lowest BCUT2D eigenvalue weighted by molar-refractivity contribution is 0.838. The molecule has 0 aromatic carbocycles. The van der Waals surface area contributed by atoms with Crippen LogP contribution in [0.4, 0.5) is 0 Å². The van der Waals surface area contributed by atoms with Gasteiger partial charge in [0.15, 0.2) is 5.96 Å². The van der Waals surface area contributed by atoms with Gasteiger partial charge in [-0.2, -0.15) is 0 Å². The van der Waals surface area contributed by atoms with Crippen LogP contribution in [0.3, 0.4) is 0 Å². The minimum atomic E-state index is 0.672. The average molecular weight is 252 g/mol. The van der Waals surface area contributed by atoms with Crippen LogP contribution in [0.5, 0.6) is 0 Å². The van der Waals surface area contributed by atoms with Crippen molar-refractivity contribution < 1.29 is 0 Å². The van der Waals surface area contributed by atoms with E-state index in [9.17, 15) is 0 Å². The summed E-state index contributed by atoms with van der Waals surface area (Å²) in [5.41, 5.74) is 1.18. The van der Waals surface area contributed by atoms with Gasteiger partial charge < -0.3 is 10.6 Å². The molecule has 17 heavy (non-hydrogen) atoms. The van der Waals surface area contributed by atoms with Gasteiger partial charge in [0.2, 0.25) is 0 Å². The van der Waals surface area contributed by atoms with E-state index in [1.165, 1.54) is 5.56 Å². The Morgan fingerprint density at radius 3 is 2.65 bits per heavy atom. The van der Waals surface area contributed by atoms with Crippen molar-refractivity contribution in [2.45, 2.75) is 25.4 Å². The predicted molar refractivity (Wildman–Crippen MR) is 74.5 cm³/mol. The Labute approximate surface area is 107 Å². The molecule has 1 aromatic rings. The molecule has 1 rings (SSSR count). The lowest BCUT2D eigenvalue weighted by atomic mass is 10.3. The molecule has 5 heteroatoms. The van der Waals surface area contributed by atoms with Crippen molar-refractivity contribution in [2.75, 3.05) is 19.3 Å². The number of guanidine groups is 1. The number of nitrogens with zero attached hydrogens (tertiary/aromatic N) is 2. The Bertz CT molecular complexity index is 357. The van der Waals surface area contributed by atoms with Crippen molar-refractivity contribution in [2.24, 2.45) is 4.99 Å². The molecule has 0 saturated carbocycles. The molecule has 2 N–H and O–H groups in total. The smallest absolute Gasteiger partial charge is 0.191 e. The van der Waals surface area contributed by atoms with E-state index in [0.717, 1.165) is 24.1 Å². The van der Waals surface area contributed by atoms with Crippen LogP contribution in [0.2, 0.25) is 0 Å². The number of rotatable bonds is 5. The first-order valence-electron chi connectivity index (χ1n) is 5.81. The molecule has 0 radical (unpaired) electrons. The van der Waals surface area contributed by atoms with Gasteiger partial charge in [-0.1, -0.05) is 0 Å². The lowest BCUT2D eigenvalue weighted by Crippen LogP contribution is -2.36. The van der Waals surface area contributed by atoms with Crippen LogP contribution in [-0.2, 0) is 6.54 Å². The Kier molecular flexibility index (Phi) is 6.47. The summed E-state index contributed by atoms with van der Waals surface area (Å²) >= 11 is 1.65. The third kappa shape index (κ3) is 5.08. The fourth-order valence-electron chi connectivity index (χ4n) is 1.34. The van der Waals surface area contributed by atoms with Crippen molar-refractivity contribution >= 4 is 17.7 Å². The first kappa shape index (κ1) is 13.8. The molecule has 1 aromatic heterocycles. The summed E-state index contributed by atoms with van der Waals surface area (Å²) in [5, 5.41) is 7.43. The van der Waals surface area contributed by atoms with E-state index < -0.39 is 0 Å². The average Bonchev–Trinajstić information content (AvgIpc) is 2.37. The third-order valence-corrected chi connectivity index (χ3v) is 2.76. The van der Waals surface area contributed by atoms with Crippen LogP contribution in [-0.4, -0.2) is 30.3 Å². The van der Waals surface area contributed by atoms with Gasteiger partial charge in [-0.3, -0.25) is 0 Å². The molecule has 0 amide bonds. The standard InChI is InChI=1S/C12H20N4S/c1-4-13-12(14-5-2)16-9-10-6-7-15-11(8-10)17-3/h6-8H,4-5,9H2,1-3H3,(H2,13,14,16). The minimum Gasteiger partial charge on any atom is -0.357 e. The van der Waals surface area contributed by atoms with E-state index >= 15 is 0 Å². The van der Waals surface area contributed by atoms with Gasteiger partial charge in [-0.15, -0.1) is 11.8 Å². The van der Waals surface area contributed by atoms with Gasteiger partial charge in [0.25, 0.3) is 0 Å². The number of pyridine rings is 1. The second-order valence-electron chi connectivity index (χ2n) is 3.43. The summed E-state index contributed by atoms with van der Waals surface area (Å²) in [4.78, 5) is 8.75. The highest BCUT2D eigenvalue weighted by molar-refractivity contribution is 7.98. The molecular formula is C12H20N4S. The molecule has 0 atom stereocenters. The zero-order valence-electron chi connectivity index (χ0n) is 10.7. The monoisotopic (exact) mass is 252 g/mol. The molecule has 0 aliphatic carbocycles. The van der Waals surface area contributed by atoms with Crippen molar-refractivity contribution in [3.63, 3.8) is 0 Å². The first-order valence-corrected chi connectivity index (χ1v) is 7.03. The van der Waals surface area contributed by atoms with E-state index in [2.05, 4.69) is 40.5 Å². The summed E-state index contributed by atoms with van der Waals surface area (Å²) < 4.78 is 0. The van der Waals surface area contributed by atoms with E-state index in [-0.39, 0.29) is 0 Å². The van der Waals surface area contributed by atoms with Crippen LogP contribution in [0.15, 0.2) is 28.3 Å². The highest BCUT2D eigenvalue weighted by atomic mass is 32.2. The predicted octanol–water partition coefficient (Wildman–Crippen LogP) is 1.88. The van der Waals surface area contributed by atoms with Crippen LogP contribution >= 0.6 is 11.8 Å². The number of aromatic nitrogens is 1. The molecule has 0 bridgehead atoms. The highest BCUT2D eigenvalue weighted by Gasteiger charge is 1.97. The van der Waals surface area contributed by atoms with Crippen LogP contribution in [0.25, 0.3) is 0 Å². The van der Waals surface area contributed by atoms with E-state index in [1.807, 2.05) is 18.5 Å². The molecule has 0 spiro atoms. The fraction of sp³-hybridized carbons (Fsp3) is 0.500. The first-order chi connectivity index (χ1) is 8.30. The van der Waals surface area contributed by atoms with E-state index in [1.54, 1.807) is 11.8 Å². The van der Waals surface area contributed by atoms with Crippen LogP contribution in [0, 0.1) is 0 Å². The maximum Gasteiger partial charge on any atom is 0.191 e. The molecule has 0 saturated heterocycles. The van der Waals surface area contributed by atoms with Gasteiger partial charge in [0, 0.05) is 19.3 Å². The van der Waals surface area contributed by atoms with Gasteiger partial charge >= 0.3 is 0 Å². The number of nitrogens with one attached hydrogen (secondary N) is 2. The second kappa shape index (κ2) is 7.95. The van der Waals surface area contributed by atoms with Gasteiger partial charge in [0.1, 0.15) is 0 Å². The topological polar surface area (TPSA) is 49.3 Å². The minimum absolute atomic E-state index is 0.672. The molecule has 4 nitrogen and oxygen atoms in total. The summed E-state index contributed by atoms with van der Waals surface area (Å²) in [6.07, 6.45) is 3.86.